The van der Waals surface area contributed by atoms with Crippen molar-refractivity contribution in [1.29, 1.82) is 0 Å². The molecule has 9 nitrogen and oxygen atoms in total. The number of aromatic hydroxyl groups is 3. The minimum absolute atomic E-state index is 0.102. The Morgan fingerprint density at radius 2 is 1.79 bits per heavy atom. The first-order valence-electron chi connectivity index (χ1n) is 8.14. The number of benzene rings is 2. The van der Waals surface area contributed by atoms with Gasteiger partial charge in [-0.2, -0.15) is 11.8 Å². The third-order valence-electron chi connectivity index (χ3n) is 3.93. The lowest BCUT2D eigenvalue weighted by atomic mass is 10.1. The SMILES string of the molecule is CSC[C@H](NC(=O)c1cc(O)c(O)c(O)c1)C(=O)Nc1ccc2c(c1)OCO2. The number of hydrogen-bond donors (Lipinski definition) is 5. The van der Waals surface area contributed by atoms with E-state index in [1.165, 1.54) is 11.8 Å². The molecule has 0 unspecified atom stereocenters. The third-order valence-corrected chi connectivity index (χ3v) is 4.59. The monoisotopic (exact) mass is 406 g/mol. The highest BCUT2D eigenvalue weighted by Crippen LogP contribution is 2.35. The maximum Gasteiger partial charge on any atom is 0.252 e. The molecule has 0 saturated carbocycles. The Bertz CT molecular complexity index is 896. The number of amides is 2. The number of anilines is 1. The van der Waals surface area contributed by atoms with Crippen LogP contribution in [0.2, 0.25) is 0 Å². The summed E-state index contributed by atoms with van der Waals surface area (Å²) < 4.78 is 10.5. The van der Waals surface area contributed by atoms with Crippen LogP contribution in [-0.4, -0.2) is 52.0 Å². The van der Waals surface area contributed by atoms with E-state index >= 15 is 0 Å². The average Bonchev–Trinajstić information content (AvgIpc) is 3.13. The Hall–Kier alpha value is -3.27. The minimum Gasteiger partial charge on any atom is -0.504 e. The summed E-state index contributed by atoms with van der Waals surface area (Å²) in [4.78, 5) is 25.0. The van der Waals surface area contributed by atoms with Gasteiger partial charge in [0.1, 0.15) is 6.04 Å². The molecule has 10 heteroatoms. The summed E-state index contributed by atoms with van der Waals surface area (Å²) in [6, 6.07) is 6.05. The molecule has 28 heavy (non-hydrogen) atoms. The van der Waals surface area contributed by atoms with Gasteiger partial charge in [-0.1, -0.05) is 0 Å². The summed E-state index contributed by atoms with van der Waals surface area (Å²) in [6.45, 7) is 0.115. The Morgan fingerprint density at radius 3 is 2.46 bits per heavy atom. The first-order chi connectivity index (χ1) is 13.4. The predicted molar refractivity (Wildman–Crippen MR) is 102 cm³/mol. The number of phenolic OH excluding ortho intramolecular Hbond substituents is 3. The molecule has 2 amide bonds. The molecule has 2 aromatic rings. The third kappa shape index (κ3) is 4.17. The van der Waals surface area contributed by atoms with Crippen LogP contribution in [0.5, 0.6) is 28.7 Å². The van der Waals surface area contributed by atoms with E-state index in [0.717, 1.165) is 12.1 Å². The minimum atomic E-state index is -0.883. The summed E-state index contributed by atoms with van der Waals surface area (Å²) in [5, 5.41) is 33.7. The number of carbonyl (C=O) groups is 2. The first-order valence-corrected chi connectivity index (χ1v) is 9.53. The van der Waals surface area contributed by atoms with Crippen molar-refractivity contribution in [2.24, 2.45) is 0 Å². The maximum atomic E-state index is 12.6. The summed E-state index contributed by atoms with van der Waals surface area (Å²) in [5.41, 5.74) is 0.379. The van der Waals surface area contributed by atoms with Crippen LogP contribution in [0.25, 0.3) is 0 Å². The lowest BCUT2D eigenvalue weighted by molar-refractivity contribution is -0.117. The van der Waals surface area contributed by atoms with E-state index in [-0.39, 0.29) is 18.1 Å². The average molecular weight is 406 g/mol. The molecular weight excluding hydrogens is 388 g/mol. The predicted octanol–water partition coefficient (Wildman–Crippen LogP) is 1.63. The second kappa shape index (κ2) is 8.17. The number of hydrogen-bond acceptors (Lipinski definition) is 8. The Morgan fingerprint density at radius 1 is 1.11 bits per heavy atom. The number of ether oxygens (including phenoxy) is 2. The van der Waals surface area contributed by atoms with Gasteiger partial charge in [0.15, 0.2) is 28.7 Å². The van der Waals surface area contributed by atoms with Crippen LogP contribution in [0.1, 0.15) is 10.4 Å². The quantitative estimate of drug-likeness (QED) is 0.457. The zero-order chi connectivity index (χ0) is 20.3. The highest BCUT2D eigenvalue weighted by Gasteiger charge is 2.23. The van der Waals surface area contributed by atoms with E-state index in [2.05, 4.69) is 10.6 Å². The number of thioether (sulfide) groups is 1. The molecule has 1 aliphatic rings. The van der Waals surface area contributed by atoms with E-state index < -0.39 is 35.1 Å². The normalized spacial score (nSPS) is 13.0. The summed E-state index contributed by atoms with van der Waals surface area (Å²) in [6.07, 6.45) is 1.78. The van der Waals surface area contributed by atoms with E-state index in [4.69, 9.17) is 9.47 Å². The van der Waals surface area contributed by atoms with Gasteiger partial charge in [-0.15, -0.1) is 0 Å². The maximum absolute atomic E-state index is 12.6. The van der Waals surface area contributed by atoms with Crippen molar-refractivity contribution in [3.63, 3.8) is 0 Å². The molecule has 0 bridgehead atoms. The molecule has 5 N–H and O–H groups in total. The van der Waals surface area contributed by atoms with Gasteiger partial charge in [0.05, 0.1) is 0 Å². The molecule has 0 saturated heterocycles. The Balaban J connectivity index is 1.72. The van der Waals surface area contributed by atoms with Gasteiger partial charge in [0, 0.05) is 23.1 Å². The fourth-order valence-electron chi connectivity index (χ4n) is 2.53. The molecule has 1 aliphatic heterocycles. The Kier molecular flexibility index (Phi) is 5.69. The van der Waals surface area contributed by atoms with Crippen molar-refractivity contribution < 1.29 is 34.4 Å². The van der Waals surface area contributed by atoms with Crippen LogP contribution in [0.4, 0.5) is 5.69 Å². The molecule has 0 radical (unpaired) electrons. The Labute approximate surface area is 164 Å². The van der Waals surface area contributed by atoms with Crippen LogP contribution in [0.3, 0.4) is 0 Å². The van der Waals surface area contributed by atoms with Crippen molar-refractivity contribution in [3.8, 4) is 28.7 Å². The molecule has 0 spiro atoms. The number of fused-ring (bicyclic) bond motifs is 1. The molecular formula is C18H18N2O7S. The van der Waals surface area contributed by atoms with Gasteiger partial charge in [0.2, 0.25) is 12.7 Å². The van der Waals surface area contributed by atoms with E-state index in [1.54, 1.807) is 24.5 Å². The fourth-order valence-corrected chi connectivity index (χ4v) is 3.10. The van der Waals surface area contributed by atoms with Crippen LogP contribution in [0.15, 0.2) is 30.3 Å². The van der Waals surface area contributed by atoms with Gasteiger partial charge in [-0.05, 0) is 30.5 Å². The van der Waals surface area contributed by atoms with Crippen LogP contribution in [-0.2, 0) is 4.79 Å². The van der Waals surface area contributed by atoms with Crippen molar-refractivity contribution >= 4 is 29.3 Å². The van der Waals surface area contributed by atoms with Gasteiger partial charge >= 0.3 is 0 Å². The number of nitrogens with one attached hydrogen (secondary N) is 2. The van der Waals surface area contributed by atoms with Gasteiger partial charge < -0.3 is 35.4 Å². The molecule has 3 rings (SSSR count). The van der Waals surface area contributed by atoms with Gasteiger partial charge in [-0.3, -0.25) is 9.59 Å². The molecule has 0 aromatic heterocycles. The summed E-state index contributed by atoms with van der Waals surface area (Å²) >= 11 is 1.36. The van der Waals surface area contributed by atoms with Crippen molar-refractivity contribution in [2.75, 3.05) is 24.1 Å². The number of rotatable bonds is 6. The molecule has 0 fully saturated rings. The molecule has 2 aromatic carbocycles. The second-order valence-electron chi connectivity index (χ2n) is 5.90. The van der Waals surface area contributed by atoms with Crippen molar-refractivity contribution in [3.05, 3.63) is 35.9 Å². The molecule has 0 aliphatic carbocycles. The van der Waals surface area contributed by atoms with E-state index in [0.29, 0.717) is 17.2 Å². The largest absolute Gasteiger partial charge is 0.504 e. The van der Waals surface area contributed by atoms with Crippen molar-refractivity contribution in [2.45, 2.75) is 6.04 Å². The topological polar surface area (TPSA) is 137 Å². The lowest BCUT2D eigenvalue weighted by Gasteiger charge is -2.18. The highest BCUT2D eigenvalue weighted by molar-refractivity contribution is 7.98. The summed E-state index contributed by atoms with van der Waals surface area (Å²) in [5.74, 6) is -1.76. The standard InChI is InChI=1S/C18H18N2O7S/c1-28-7-11(20-17(24)9-4-12(21)16(23)13(22)5-9)18(25)19-10-2-3-14-15(6-10)27-8-26-14/h2-6,11,21-23H,7-8H2,1H3,(H,19,25)(H,20,24)/t11-/m0/s1. The molecule has 1 atom stereocenters. The van der Waals surface area contributed by atoms with Gasteiger partial charge in [-0.25, -0.2) is 0 Å². The van der Waals surface area contributed by atoms with Crippen LogP contribution >= 0.6 is 11.8 Å². The number of carbonyl (C=O) groups excluding carboxylic acids is 2. The lowest BCUT2D eigenvalue weighted by Crippen LogP contribution is -2.45. The van der Waals surface area contributed by atoms with Crippen molar-refractivity contribution in [1.82, 2.24) is 5.32 Å². The highest BCUT2D eigenvalue weighted by atomic mass is 32.2. The molecule has 1 heterocycles. The smallest absolute Gasteiger partial charge is 0.252 e. The zero-order valence-electron chi connectivity index (χ0n) is 14.8. The van der Waals surface area contributed by atoms with Crippen LogP contribution < -0.4 is 20.1 Å². The second-order valence-corrected chi connectivity index (χ2v) is 6.81. The number of phenols is 3. The van der Waals surface area contributed by atoms with E-state index in [1.807, 2.05) is 0 Å². The summed E-state index contributed by atoms with van der Waals surface area (Å²) in [7, 11) is 0. The zero-order valence-corrected chi connectivity index (χ0v) is 15.6. The van der Waals surface area contributed by atoms with E-state index in [9.17, 15) is 24.9 Å². The first kappa shape index (κ1) is 19.5. The van der Waals surface area contributed by atoms with Gasteiger partial charge in [0.25, 0.3) is 5.91 Å². The fraction of sp³-hybridized carbons (Fsp3) is 0.222. The van der Waals surface area contributed by atoms with Crippen LogP contribution in [0, 0.1) is 0 Å². The molecule has 148 valence electrons.